The van der Waals surface area contributed by atoms with Crippen molar-refractivity contribution in [3.8, 4) is 50.2 Å². The van der Waals surface area contributed by atoms with E-state index in [0.29, 0.717) is 0 Å². The topological polar surface area (TPSA) is 8.17 Å². The van der Waals surface area contributed by atoms with Gasteiger partial charge in [-0.3, -0.25) is 0 Å². The summed E-state index contributed by atoms with van der Waals surface area (Å²) in [6.45, 7) is 4.73. The maximum absolute atomic E-state index is 2.46. The number of aromatic nitrogens is 1. The van der Waals surface area contributed by atoms with E-state index in [-0.39, 0.29) is 5.41 Å². The smallest absolute Gasteiger partial charge is 0.0547 e. The van der Waals surface area contributed by atoms with E-state index >= 15 is 0 Å². The standard InChI is InChI=1S/C65H46N2/c1-65(2)60-23-12-11-22-56(60)64-57-42-63-59(41-51(57)30-36-61(64)65)58-40-50(31-37-62(58)67(63)53-20-7-4-8-21-53)48-17-13-16-47(38-48)44-26-32-54(33-27-44)66(52-18-5-3-6-19-52)55-34-28-45(29-35-55)49-25-24-43-14-9-10-15-46(43)39-49/h3-42H,1-2H3. The average Bonchev–Trinajstić information content (AvgIpc) is 3.83. The van der Waals surface area contributed by atoms with Crippen LogP contribution >= 0.6 is 0 Å². The van der Waals surface area contributed by atoms with Crippen molar-refractivity contribution in [3.63, 3.8) is 0 Å². The van der Waals surface area contributed by atoms with Crippen LogP contribution in [0.4, 0.5) is 17.1 Å². The van der Waals surface area contributed by atoms with E-state index in [1.54, 1.807) is 0 Å². The molecule has 1 heterocycles. The third-order valence-electron chi connectivity index (χ3n) is 14.3. The minimum absolute atomic E-state index is 0.0536. The molecule has 0 saturated heterocycles. The molecular weight excluding hydrogens is 809 g/mol. The Bertz CT molecular complexity index is 3860. The number of anilines is 3. The molecule has 0 unspecified atom stereocenters. The fourth-order valence-corrected chi connectivity index (χ4v) is 11.0. The Labute approximate surface area is 391 Å². The molecule has 2 heteroatoms. The van der Waals surface area contributed by atoms with Gasteiger partial charge in [0.15, 0.2) is 0 Å². The summed E-state index contributed by atoms with van der Waals surface area (Å²) in [5, 5.41) is 7.60. The van der Waals surface area contributed by atoms with Crippen molar-refractivity contribution in [2.75, 3.05) is 4.90 Å². The average molecular weight is 855 g/mol. The van der Waals surface area contributed by atoms with Gasteiger partial charge in [0.2, 0.25) is 0 Å². The second kappa shape index (κ2) is 15.3. The van der Waals surface area contributed by atoms with Gasteiger partial charge in [-0.2, -0.15) is 0 Å². The molecule has 67 heavy (non-hydrogen) atoms. The van der Waals surface area contributed by atoms with Gasteiger partial charge in [0.1, 0.15) is 0 Å². The summed E-state index contributed by atoms with van der Waals surface area (Å²) in [7, 11) is 0. The highest BCUT2D eigenvalue weighted by molar-refractivity contribution is 6.17. The third-order valence-corrected chi connectivity index (χ3v) is 14.3. The molecule has 13 rings (SSSR count). The molecule has 12 aromatic rings. The van der Waals surface area contributed by atoms with Crippen LogP contribution in [0.5, 0.6) is 0 Å². The lowest BCUT2D eigenvalue weighted by Gasteiger charge is -2.26. The second-order valence-electron chi connectivity index (χ2n) is 18.6. The zero-order chi connectivity index (χ0) is 44.6. The van der Waals surface area contributed by atoms with Crippen LogP contribution in [0.15, 0.2) is 243 Å². The first-order chi connectivity index (χ1) is 33.0. The molecule has 0 fully saturated rings. The van der Waals surface area contributed by atoms with E-state index in [4.69, 9.17) is 0 Å². The molecule has 0 saturated carbocycles. The van der Waals surface area contributed by atoms with Crippen molar-refractivity contribution in [2.45, 2.75) is 19.3 Å². The van der Waals surface area contributed by atoms with E-state index < -0.39 is 0 Å². The number of para-hydroxylation sites is 2. The van der Waals surface area contributed by atoms with Crippen molar-refractivity contribution in [1.82, 2.24) is 4.57 Å². The Kier molecular flexibility index (Phi) is 8.91. The van der Waals surface area contributed by atoms with Gasteiger partial charge >= 0.3 is 0 Å². The Hall–Kier alpha value is -8.46. The van der Waals surface area contributed by atoms with Crippen LogP contribution in [0.1, 0.15) is 25.0 Å². The van der Waals surface area contributed by atoms with E-state index in [0.717, 1.165) is 22.7 Å². The Morgan fingerprint density at radius 2 is 0.881 bits per heavy atom. The highest BCUT2D eigenvalue weighted by atomic mass is 15.1. The highest BCUT2D eigenvalue weighted by Crippen LogP contribution is 2.52. The van der Waals surface area contributed by atoms with Crippen molar-refractivity contribution in [1.29, 1.82) is 0 Å². The predicted octanol–water partition coefficient (Wildman–Crippen LogP) is 17.9. The van der Waals surface area contributed by atoms with Crippen LogP contribution < -0.4 is 4.90 Å². The van der Waals surface area contributed by atoms with Gasteiger partial charge in [0.05, 0.1) is 11.0 Å². The molecule has 0 radical (unpaired) electrons. The normalized spacial score (nSPS) is 12.7. The summed E-state index contributed by atoms with van der Waals surface area (Å²) in [5.41, 5.74) is 19.6. The molecule has 11 aromatic carbocycles. The molecule has 1 aliphatic rings. The minimum atomic E-state index is -0.0536. The SMILES string of the molecule is CC1(C)c2ccccc2-c2c1ccc1cc3c4cc(-c5cccc(-c6ccc(N(c7ccccc7)c7ccc(-c8ccc9ccccc9c8)cc7)cc6)c5)ccc4n(-c4ccccc4)c3cc21. The Morgan fingerprint density at radius 3 is 1.63 bits per heavy atom. The van der Waals surface area contributed by atoms with Crippen LogP contribution in [0.3, 0.4) is 0 Å². The third kappa shape index (κ3) is 6.40. The van der Waals surface area contributed by atoms with Gasteiger partial charge in [-0.25, -0.2) is 0 Å². The molecule has 0 atom stereocenters. The summed E-state index contributed by atoms with van der Waals surface area (Å²) in [5.74, 6) is 0. The molecule has 0 amide bonds. The molecular formula is C65H46N2. The number of rotatable bonds is 7. The first kappa shape index (κ1) is 39.0. The lowest BCUT2D eigenvalue weighted by molar-refractivity contribution is 0.661. The van der Waals surface area contributed by atoms with Gasteiger partial charge in [-0.15, -0.1) is 0 Å². The van der Waals surface area contributed by atoms with Crippen molar-refractivity contribution in [3.05, 3.63) is 254 Å². The van der Waals surface area contributed by atoms with Gasteiger partial charge in [0.25, 0.3) is 0 Å². The maximum Gasteiger partial charge on any atom is 0.0547 e. The van der Waals surface area contributed by atoms with Gasteiger partial charge in [-0.05, 0) is 162 Å². The Morgan fingerprint density at radius 1 is 0.328 bits per heavy atom. The van der Waals surface area contributed by atoms with Crippen molar-refractivity contribution >= 4 is 60.4 Å². The highest BCUT2D eigenvalue weighted by Gasteiger charge is 2.36. The van der Waals surface area contributed by atoms with E-state index in [2.05, 4.69) is 266 Å². The molecule has 0 bridgehead atoms. The van der Waals surface area contributed by atoms with Gasteiger partial charge in [-0.1, -0.05) is 172 Å². The van der Waals surface area contributed by atoms with Crippen LogP contribution in [-0.4, -0.2) is 4.57 Å². The van der Waals surface area contributed by atoms with Gasteiger partial charge in [0, 0.05) is 38.9 Å². The summed E-state index contributed by atoms with van der Waals surface area (Å²) >= 11 is 0. The van der Waals surface area contributed by atoms with E-state index in [1.807, 2.05) is 0 Å². The summed E-state index contributed by atoms with van der Waals surface area (Å²) < 4.78 is 2.45. The lowest BCUT2D eigenvalue weighted by Crippen LogP contribution is -2.14. The van der Waals surface area contributed by atoms with Gasteiger partial charge < -0.3 is 9.47 Å². The van der Waals surface area contributed by atoms with Crippen LogP contribution in [-0.2, 0) is 5.41 Å². The molecule has 1 aromatic heterocycles. The van der Waals surface area contributed by atoms with Crippen LogP contribution in [0.25, 0.3) is 93.5 Å². The molecule has 0 spiro atoms. The zero-order valence-corrected chi connectivity index (χ0v) is 37.5. The number of fused-ring (bicyclic) bond motifs is 9. The molecule has 0 N–H and O–H groups in total. The van der Waals surface area contributed by atoms with Crippen LogP contribution in [0, 0.1) is 0 Å². The lowest BCUT2D eigenvalue weighted by atomic mass is 9.82. The second-order valence-corrected chi connectivity index (χ2v) is 18.6. The molecule has 1 aliphatic carbocycles. The largest absolute Gasteiger partial charge is 0.311 e. The van der Waals surface area contributed by atoms with Crippen LogP contribution in [0.2, 0.25) is 0 Å². The summed E-state index contributed by atoms with van der Waals surface area (Å²) in [4.78, 5) is 2.34. The number of hydrogen-bond donors (Lipinski definition) is 0. The molecule has 316 valence electrons. The molecule has 0 aliphatic heterocycles. The summed E-state index contributed by atoms with van der Waals surface area (Å²) in [6, 6.07) is 89.2. The summed E-state index contributed by atoms with van der Waals surface area (Å²) in [6.07, 6.45) is 0. The minimum Gasteiger partial charge on any atom is -0.311 e. The predicted molar refractivity (Wildman–Crippen MR) is 284 cm³/mol. The Balaban J connectivity index is 0.868. The number of hydrogen-bond acceptors (Lipinski definition) is 1. The van der Waals surface area contributed by atoms with Crippen molar-refractivity contribution in [2.24, 2.45) is 0 Å². The monoisotopic (exact) mass is 854 g/mol. The van der Waals surface area contributed by atoms with E-state index in [1.165, 1.54) is 99.0 Å². The first-order valence-corrected chi connectivity index (χ1v) is 23.3. The molecule has 2 nitrogen and oxygen atoms in total. The first-order valence-electron chi connectivity index (χ1n) is 23.3. The fourth-order valence-electron chi connectivity index (χ4n) is 11.0. The number of nitrogens with zero attached hydrogens (tertiary/aromatic N) is 2. The van der Waals surface area contributed by atoms with Crippen molar-refractivity contribution < 1.29 is 0 Å². The number of benzene rings is 11. The maximum atomic E-state index is 2.46. The fraction of sp³-hybridized carbons (Fsp3) is 0.0462. The quantitative estimate of drug-likeness (QED) is 0.155. The van der Waals surface area contributed by atoms with E-state index in [9.17, 15) is 0 Å². The zero-order valence-electron chi connectivity index (χ0n) is 37.5.